The first-order valence-electron chi connectivity index (χ1n) is 10.2. The van der Waals surface area contributed by atoms with Crippen molar-refractivity contribution in [2.24, 2.45) is 0 Å². The molecule has 0 fully saturated rings. The number of aryl methyl sites for hydroxylation is 1. The third-order valence-electron chi connectivity index (χ3n) is 5.86. The van der Waals surface area contributed by atoms with Crippen molar-refractivity contribution in [3.8, 4) is 5.75 Å². The van der Waals surface area contributed by atoms with Gasteiger partial charge in [0.2, 0.25) is 0 Å². The molecule has 4 aromatic carbocycles. The summed E-state index contributed by atoms with van der Waals surface area (Å²) in [6.07, 6.45) is 1.96. The molecule has 0 radical (unpaired) electrons. The third-order valence-corrected chi connectivity index (χ3v) is 15.8. The van der Waals surface area contributed by atoms with Crippen LogP contribution in [0, 0.1) is 0 Å². The van der Waals surface area contributed by atoms with E-state index in [9.17, 15) is 0 Å². The average molecular weight is 477 g/mol. The summed E-state index contributed by atoms with van der Waals surface area (Å²) in [5.41, 5.74) is 1.31. The summed E-state index contributed by atoms with van der Waals surface area (Å²) in [6, 6.07) is 41.3. The number of halogens is 1. The van der Waals surface area contributed by atoms with E-state index in [-0.39, 0.29) is 0 Å². The minimum atomic E-state index is -2.86. The van der Waals surface area contributed by atoms with Crippen LogP contribution in [0.2, 0.25) is 0 Å². The molecule has 4 rings (SSSR count). The monoisotopic (exact) mass is 476 g/mol. The van der Waals surface area contributed by atoms with Crippen LogP contribution in [0.15, 0.2) is 115 Å². The van der Waals surface area contributed by atoms with Crippen LogP contribution in [0.25, 0.3) is 0 Å². The van der Waals surface area contributed by atoms with Crippen LogP contribution in [0.4, 0.5) is 0 Å². The van der Waals surface area contributed by atoms with Crippen molar-refractivity contribution in [3.63, 3.8) is 0 Å². The van der Waals surface area contributed by atoms with E-state index in [1.54, 1.807) is 7.11 Å². The predicted octanol–water partition coefficient (Wildman–Crippen LogP) is 6.08. The first kappa shape index (κ1) is 20.8. The second kappa shape index (κ2) is 8.76. The van der Waals surface area contributed by atoms with Gasteiger partial charge in [0.15, 0.2) is 0 Å². The van der Waals surface area contributed by atoms with Gasteiger partial charge in [-0.05, 0) is 0 Å². The van der Waals surface area contributed by atoms with E-state index in [1.165, 1.54) is 21.5 Å². The first-order chi connectivity index (χ1) is 14.6. The van der Waals surface area contributed by atoms with Crippen molar-refractivity contribution in [2.75, 3.05) is 13.3 Å². The molecule has 1 nitrogen and oxygen atoms in total. The third kappa shape index (κ3) is 3.71. The Morgan fingerprint density at radius 2 is 1.00 bits per heavy atom. The Bertz CT molecular complexity index is 981. The van der Waals surface area contributed by atoms with Gasteiger partial charge in [0.25, 0.3) is 0 Å². The summed E-state index contributed by atoms with van der Waals surface area (Å²) in [7, 11) is 1.71. The molecule has 0 bridgehead atoms. The van der Waals surface area contributed by atoms with E-state index < -0.39 is 5.31 Å². The Kier molecular flexibility index (Phi) is 6.09. The zero-order valence-corrected chi connectivity index (χ0v) is 19.6. The van der Waals surface area contributed by atoms with Gasteiger partial charge in [0, 0.05) is 0 Å². The van der Waals surface area contributed by atoms with Crippen LogP contribution >= 0.6 is 20.8 Å². The molecule has 152 valence electrons. The van der Waals surface area contributed by atoms with Gasteiger partial charge >= 0.3 is 188 Å². The molecule has 0 N–H and O–H groups in total. The van der Waals surface area contributed by atoms with Gasteiger partial charge in [0.05, 0.1) is 0 Å². The molecule has 4 aromatic rings. The molecule has 0 saturated heterocycles. The first-order valence-corrected chi connectivity index (χ1v) is 14.6. The molecular formula is C27H26BrOP. The number of methoxy groups -OCH3 is 1. The fraction of sp³-hybridized carbons (Fsp3) is 0.111. The molecule has 0 heterocycles. The van der Waals surface area contributed by atoms with E-state index in [4.69, 9.17) is 4.74 Å². The topological polar surface area (TPSA) is 9.23 Å². The van der Waals surface area contributed by atoms with Crippen LogP contribution in [0.1, 0.15) is 5.56 Å². The van der Waals surface area contributed by atoms with Crippen LogP contribution < -0.4 is 20.7 Å². The van der Waals surface area contributed by atoms with Crippen molar-refractivity contribution in [2.45, 2.75) is 6.42 Å². The SMILES string of the molecule is COc1ccc(CCP(Br)(c2ccccc2)(c2ccccc2)c2ccccc2)cc1. The van der Waals surface area contributed by atoms with Gasteiger partial charge in [-0.3, -0.25) is 0 Å². The van der Waals surface area contributed by atoms with E-state index in [2.05, 4.69) is 119 Å². The van der Waals surface area contributed by atoms with Crippen molar-refractivity contribution >= 4 is 36.7 Å². The molecule has 0 aliphatic carbocycles. The summed E-state index contributed by atoms with van der Waals surface area (Å²) in [5.74, 6) is 0.893. The van der Waals surface area contributed by atoms with Gasteiger partial charge in [0.1, 0.15) is 0 Å². The Morgan fingerprint density at radius 3 is 1.37 bits per heavy atom. The van der Waals surface area contributed by atoms with E-state index in [0.29, 0.717) is 0 Å². The zero-order valence-electron chi connectivity index (χ0n) is 17.1. The van der Waals surface area contributed by atoms with Gasteiger partial charge < -0.3 is 0 Å². The molecular weight excluding hydrogens is 451 g/mol. The molecule has 0 spiro atoms. The van der Waals surface area contributed by atoms with Crippen LogP contribution in [-0.4, -0.2) is 13.3 Å². The maximum absolute atomic E-state index is 5.34. The van der Waals surface area contributed by atoms with Gasteiger partial charge in [-0.15, -0.1) is 0 Å². The summed E-state index contributed by atoms with van der Waals surface area (Å²) in [4.78, 5) is 0. The number of ether oxygens (including phenoxy) is 1. The Labute approximate surface area is 187 Å². The second-order valence-corrected chi connectivity index (χ2v) is 16.6. The molecule has 0 atom stereocenters. The number of benzene rings is 4. The van der Waals surface area contributed by atoms with E-state index in [1.807, 2.05) is 12.1 Å². The Morgan fingerprint density at radius 1 is 0.600 bits per heavy atom. The summed E-state index contributed by atoms with van der Waals surface area (Å²) < 4.78 is 5.34. The summed E-state index contributed by atoms with van der Waals surface area (Å²) >= 11 is 4.51. The normalized spacial score (nSPS) is 12.7. The van der Waals surface area contributed by atoms with Crippen molar-refractivity contribution in [1.82, 2.24) is 0 Å². The van der Waals surface area contributed by atoms with Gasteiger partial charge in [-0.1, -0.05) is 0 Å². The Hall–Kier alpha value is -2.41. The molecule has 0 aliphatic rings. The standard InChI is InChI=1S/C27H26BrOP/c1-29-24-19-17-23(18-20-24)21-22-30(28,25-11-5-2-6-12-25,26-13-7-3-8-14-26)27-15-9-4-10-16-27/h2-20H,21-22H2,1H3. The minimum absolute atomic E-state index is 0.893. The molecule has 30 heavy (non-hydrogen) atoms. The van der Waals surface area contributed by atoms with Crippen molar-refractivity contribution in [3.05, 3.63) is 121 Å². The maximum atomic E-state index is 5.34. The Balaban J connectivity index is 1.91. The quantitative estimate of drug-likeness (QED) is 0.294. The van der Waals surface area contributed by atoms with E-state index in [0.717, 1.165) is 18.3 Å². The van der Waals surface area contributed by atoms with Crippen LogP contribution in [0.3, 0.4) is 0 Å². The predicted molar refractivity (Wildman–Crippen MR) is 136 cm³/mol. The van der Waals surface area contributed by atoms with Gasteiger partial charge in [-0.2, -0.15) is 0 Å². The molecule has 0 aromatic heterocycles. The van der Waals surface area contributed by atoms with E-state index >= 15 is 0 Å². The van der Waals surface area contributed by atoms with Crippen molar-refractivity contribution in [1.29, 1.82) is 0 Å². The summed E-state index contributed by atoms with van der Waals surface area (Å²) in [6.45, 7) is 0. The fourth-order valence-corrected chi connectivity index (χ4v) is 11.6. The zero-order chi connectivity index (χ0) is 20.9. The second-order valence-electron chi connectivity index (χ2n) is 7.51. The molecule has 0 aliphatic heterocycles. The molecule has 0 saturated carbocycles. The van der Waals surface area contributed by atoms with Crippen LogP contribution in [0.5, 0.6) is 5.75 Å². The average Bonchev–Trinajstić information content (AvgIpc) is 2.85. The molecule has 0 amide bonds. The number of hydrogen-bond acceptors (Lipinski definition) is 1. The summed E-state index contributed by atoms with van der Waals surface area (Å²) in [5, 5.41) is 1.21. The molecule has 0 unspecified atom stereocenters. The van der Waals surface area contributed by atoms with Crippen LogP contribution in [-0.2, 0) is 6.42 Å². The number of rotatable bonds is 7. The van der Waals surface area contributed by atoms with Crippen molar-refractivity contribution < 1.29 is 4.74 Å². The molecule has 3 heteroatoms. The fourth-order valence-electron chi connectivity index (χ4n) is 4.18. The van der Waals surface area contributed by atoms with Gasteiger partial charge in [-0.25, -0.2) is 0 Å². The number of hydrogen-bond donors (Lipinski definition) is 0.